The van der Waals surface area contributed by atoms with Crippen LogP contribution in [-0.2, 0) is 12.5 Å². The second-order valence-corrected chi connectivity index (χ2v) is 5.17. The van der Waals surface area contributed by atoms with Gasteiger partial charge in [-0.15, -0.1) is 0 Å². The summed E-state index contributed by atoms with van der Waals surface area (Å²) in [6.45, 7) is 6.42. The summed E-state index contributed by atoms with van der Waals surface area (Å²) in [5.74, 6) is 0. The topological polar surface area (TPSA) is 17.8 Å². The Hall–Kier alpha value is -0.220. The van der Waals surface area contributed by atoms with Gasteiger partial charge in [0.1, 0.15) is 5.01 Å². The predicted molar refractivity (Wildman–Crippen MR) is 50.6 cm³/mol. The predicted octanol–water partition coefficient (Wildman–Crippen LogP) is 2.51. The Labute approximate surface area is 75.9 Å². The highest BCUT2D eigenvalue weighted by molar-refractivity contribution is 7.73. The molecule has 1 heterocycles. The zero-order valence-electron chi connectivity index (χ0n) is 7.21. The Bertz CT molecular complexity index is 303. The van der Waals surface area contributed by atoms with Gasteiger partial charge in [0.15, 0.2) is 3.95 Å². The van der Waals surface area contributed by atoms with Crippen LogP contribution < -0.4 is 0 Å². The lowest BCUT2D eigenvalue weighted by molar-refractivity contribution is 0.560. The van der Waals surface area contributed by atoms with Crippen LogP contribution in [0.5, 0.6) is 0 Å². The van der Waals surface area contributed by atoms with Gasteiger partial charge in [0, 0.05) is 12.5 Å². The van der Waals surface area contributed by atoms with Crippen LogP contribution in [0.1, 0.15) is 25.8 Å². The second-order valence-electron chi connectivity index (χ2n) is 3.55. The van der Waals surface area contributed by atoms with Crippen LogP contribution in [0.15, 0.2) is 0 Å². The van der Waals surface area contributed by atoms with Gasteiger partial charge in [0.05, 0.1) is 0 Å². The van der Waals surface area contributed by atoms with Crippen LogP contribution in [0.4, 0.5) is 0 Å². The quantitative estimate of drug-likeness (QED) is 0.582. The first kappa shape index (κ1) is 8.87. The van der Waals surface area contributed by atoms with Crippen LogP contribution in [-0.4, -0.2) is 9.78 Å². The molecule has 0 aliphatic carbocycles. The van der Waals surface area contributed by atoms with Gasteiger partial charge in [-0.2, -0.15) is 5.10 Å². The standard InChI is InChI=1S/C7H12N2S2/c1-7(2,3)5-8-9(4)6(10)11-5/h1-4H3. The van der Waals surface area contributed by atoms with Gasteiger partial charge < -0.3 is 0 Å². The van der Waals surface area contributed by atoms with Crippen molar-refractivity contribution < 1.29 is 0 Å². The first-order chi connectivity index (χ1) is 4.91. The fraction of sp³-hybridized carbons (Fsp3) is 0.714. The van der Waals surface area contributed by atoms with Crippen molar-refractivity contribution >= 4 is 23.6 Å². The van der Waals surface area contributed by atoms with E-state index in [2.05, 4.69) is 25.9 Å². The van der Waals surface area contributed by atoms with E-state index in [1.165, 1.54) is 0 Å². The molecule has 0 fully saturated rings. The number of rotatable bonds is 0. The number of hydrogen-bond donors (Lipinski definition) is 0. The molecule has 4 heteroatoms. The van der Waals surface area contributed by atoms with Crippen LogP contribution in [0.2, 0.25) is 0 Å². The monoisotopic (exact) mass is 188 g/mol. The molecule has 62 valence electrons. The van der Waals surface area contributed by atoms with Crippen molar-refractivity contribution in [3.63, 3.8) is 0 Å². The average molecular weight is 188 g/mol. The summed E-state index contributed by atoms with van der Waals surface area (Å²) < 4.78 is 2.59. The van der Waals surface area contributed by atoms with Crippen LogP contribution in [0, 0.1) is 3.95 Å². The molecule has 0 bridgehead atoms. The van der Waals surface area contributed by atoms with Crippen LogP contribution in [0.3, 0.4) is 0 Å². The molecule has 1 aromatic rings. The van der Waals surface area contributed by atoms with E-state index in [4.69, 9.17) is 12.2 Å². The third-order valence-electron chi connectivity index (χ3n) is 1.33. The van der Waals surface area contributed by atoms with Gasteiger partial charge in [-0.3, -0.25) is 0 Å². The molecule has 0 N–H and O–H groups in total. The maximum atomic E-state index is 5.06. The molecule has 0 saturated carbocycles. The van der Waals surface area contributed by atoms with E-state index in [0.29, 0.717) is 0 Å². The number of hydrogen-bond acceptors (Lipinski definition) is 3. The highest BCUT2D eigenvalue weighted by Gasteiger charge is 2.18. The minimum absolute atomic E-state index is 0.124. The number of aryl methyl sites for hydroxylation is 1. The minimum Gasteiger partial charge on any atom is -0.248 e. The van der Waals surface area contributed by atoms with E-state index in [9.17, 15) is 0 Å². The zero-order chi connectivity index (χ0) is 8.65. The van der Waals surface area contributed by atoms with Crippen LogP contribution in [0.25, 0.3) is 0 Å². The fourth-order valence-electron chi connectivity index (χ4n) is 0.649. The molecule has 11 heavy (non-hydrogen) atoms. The van der Waals surface area contributed by atoms with Crippen molar-refractivity contribution in [2.45, 2.75) is 26.2 Å². The Balaban J connectivity index is 3.18. The smallest absolute Gasteiger partial charge is 0.178 e. The average Bonchev–Trinajstić information content (AvgIpc) is 2.11. The number of aromatic nitrogens is 2. The summed E-state index contributed by atoms with van der Waals surface area (Å²) in [7, 11) is 1.88. The summed E-state index contributed by atoms with van der Waals surface area (Å²) in [6.07, 6.45) is 0. The Morgan fingerprint density at radius 2 is 2.00 bits per heavy atom. The summed E-state index contributed by atoms with van der Waals surface area (Å²) >= 11 is 6.65. The van der Waals surface area contributed by atoms with E-state index < -0.39 is 0 Å². The molecule has 0 spiro atoms. The Kier molecular flexibility index (Phi) is 2.16. The molecule has 0 aliphatic rings. The van der Waals surface area contributed by atoms with E-state index >= 15 is 0 Å². The molecule has 0 radical (unpaired) electrons. The molecule has 0 saturated heterocycles. The van der Waals surface area contributed by atoms with Crippen molar-refractivity contribution in [3.8, 4) is 0 Å². The van der Waals surface area contributed by atoms with E-state index in [1.54, 1.807) is 16.0 Å². The molecule has 0 atom stereocenters. The third-order valence-corrected chi connectivity index (χ3v) is 3.17. The largest absolute Gasteiger partial charge is 0.248 e. The molecule has 1 rings (SSSR count). The van der Waals surface area contributed by atoms with Crippen LogP contribution >= 0.6 is 23.6 Å². The Morgan fingerprint density at radius 1 is 1.45 bits per heavy atom. The van der Waals surface area contributed by atoms with Crippen molar-refractivity contribution in [1.82, 2.24) is 9.78 Å². The van der Waals surface area contributed by atoms with Crippen molar-refractivity contribution in [2.24, 2.45) is 7.05 Å². The molecule has 0 unspecified atom stereocenters. The lowest BCUT2D eigenvalue weighted by Crippen LogP contribution is -2.11. The summed E-state index contributed by atoms with van der Waals surface area (Å²) in [5.41, 5.74) is 0.124. The Morgan fingerprint density at radius 3 is 2.18 bits per heavy atom. The second kappa shape index (κ2) is 2.68. The SMILES string of the molecule is Cn1nc(C(C)(C)C)sc1=S. The van der Waals surface area contributed by atoms with E-state index in [-0.39, 0.29) is 5.41 Å². The lowest BCUT2D eigenvalue weighted by atomic mass is 9.98. The van der Waals surface area contributed by atoms with Crippen molar-refractivity contribution in [2.75, 3.05) is 0 Å². The molecule has 1 aromatic heterocycles. The molecule has 0 aliphatic heterocycles. The summed E-state index contributed by atoms with van der Waals surface area (Å²) in [5, 5.41) is 5.41. The van der Waals surface area contributed by atoms with Gasteiger partial charge in [-0.1, -0.05) is 32.1 Å². The van der Waals surface area contributed by atoms with E-state index in [0.717, 1.165) is 8.96 Å². The van der Waals surface area contributed by atoms with Gasteiger partial charge in [0.2, 0.25) is 0 Å². The first-order valence-corrected chi connectivity index (χ1v) is 4.68. The lowest BCUT2D eigenvalue weighted by Gasteiger charge is -2.12. The molecule has 0 aromatic carbocycles. The van der Waals surface area contributed by atoms with Gasteiger partial charge in [0.25, 0.3) is 0 Å². The normalized spacial score (nSPS) is 12.0. The molecular weight excluding hydrogens is 176 g/mol. The van der Waals surface area contributed by atoms with E-state index in [1.807, 2.05) is 7.05 Å². The fourth-order valence-corrected chi connectivity index (χ4v) is 1.73. The highest BCUT2D eigenvalue weighted by Crippen LogP contribution is 2.24. The first-order valence-electron chi connectivity index (χ1n) is 3.46. The minimum atomic E-state index is 0.124. The molecule has 2 nitrogen and oxygen atoms in total. The molecular formula is C7H12N2S2. The maximum Gasteiger partial charge on any atom is 0.178 e. The van der Waals surface area contributed by atoms with Gasteiger partial charge in [-0.05, 0) is 12.2 Å². The van der Waals surface area contributed by atoms with Gasteiger partial charge >= 0.3 is 0 Å². The van der Waals surface area contributed by atoms with Gasteiger partial charge in [-0.25, -0.2) is 4.68 Å². The number of nitrogens with zero attached hydrogens (tertiary/aromatic N) is 2. The molecule has 0 amide bonds. The maximum absolute atomic E-state index is 5.06. The third kappa shape index (κ3) is 1.87. The summed E-state index contributed by atoms with van der Waals surface area (Å²) in [4.78, 5) is 0. The van der Waals surface area contributed by atoms with Crippen molar-refractivity contribution in [1.29, 1.82) is 0 Å². The zero-order valence-corrected chi connectivity index (χ0v) is 8.84. The summed E-state index contributed by atoms with van der Waals surface area (Å²) in [6, 6.07) is 0. The highest BCUT2D eigenvalue weighted by atomic mass is 32.1. The van der Waals surface area contributed by atoms with Crippen molar-refractivity contribution in [3.05, 3.63) is 8.96 Å².